The van der Waals surface area contributed by atoms with Gasteiger partial charge in [0.05, 0.1) is 12.6 Å². The summed E-state index contributed by atoms with van der Waals surface area (Å²) in [5, 5.41) is 3.92. The number of rotatable bonds is 7. The molecule has 0 saturated heterocycles. The van der Waals surface area contributed by atoms with E-state index in [2.05, 4.69) is 10.5 Å². The van der Waals surface area contributed by atoms with Gasteiger partial charge >= 0.3 is 10.1 Å². The molecule has 0 unspecified atom stereocenters. The lowest BCUT2D eigenvalue weighted by molar-refractivity contribution is -0.120. The number of hydrazone groups is 1. The van der Waals surface area contributed by atoms with Crippen molar-refractivity contribution in [1.29, 1.82) is 0 Å². The number of aryl methyl sites for hydroxylation is 1. The fourth-order valence-corrected chi connectivity index (χ4v) is 3.50. The standard InChI is InChI=1S/C22H20N2O4S/c1-17-11-13-18(14-12-17)15-22(25)24-23-16-19-7-5-6-10-21(19)28-29(26,27)20-8-3-2-4-9-20/h2-14,16H,15H2,1H3,(H,24,25). The van der Waals surface area contributed by atoms with Crippen molar-refractivity contribution in [1.82, 2.24) is 5.43 Å². The summed E-state index contributed by atoms with van der Waals surface area (Å²) in [7, 11) is -3.97. The lowest BCUT2D eigenvalue weighted by atomic mass is 10.1. The summed E-state index contributed by atoms with van der Waals surface area (Å²) < 4.78 is 30.1. The first-order valence-corrected chi connectivity index (χ1v) is 10.3. The Labute approximate surface area is 170 Å². The predicted molar refractivity (Wildman–Crippen MR) is 111 cm³/mol. The van der Waals surface area contributed by atoms with Gasteiger partial charge in [-0.15, -0.1) is 0 Å². The molecule has 6 nitrogen and oxygen atoms in total. The van der Waals surface area contributed by atoms with Gasteiger partial charge in [0.15, 0.2) is 5.75 Å². The molecule has 3 aromatic carbocycles. The third-order valence-corrected chi connectivity index (χ3v) is 5.28. The molecule has 0 heterocycles. The molecule has 0 fully saturated rings. The van der Waals surface area contributed by atoms with Crippen LogP contribution in [-0.2, 0) is 21.3 Å². The second-order valence-corrected chi connectivity index (χ2v) is 7.89. The molecule has 0 aliphatic rings. The van der Waals surface area contributed by atoms with Crippen molar-refractivity contribution in [3.63, 3.8) is 0 Å². The highest BCUT2D eigenvalue weighted by Crippen LogP contribution is 2.21. The van der Waals surface area contributed by atoms with E-state index in [9.17, 15) is 13.2 Å². The highest BCUT2D eigenvalue weighted by Gasteiger charge is 2.17. The highest BCUT2D eigenvalue weighted by atomic mass is 32.2. The van der Waals surface area contributed by atoms with Crippen molar-refractivity contribution < 1.29 is 17.4 Å². The Bertz CT molecular complexity index is 1110. The average Bonchev–Trinajstić information content (AvgIpc) is 2.71. The summed E-state index contributed by atoms with van der Waals surface area (Å²) in [6.45, 7) is 1.98. The molecular weight excluding hydrogens is 388 g/mol. The minimum Gasteiger partial charge on any atom is -0.378 e. The number of hydrogen-bond donors (Lipinski definition) is 1. The summed E-state index contributed by atoms with van der Waals surface area (Å²) >= 11 is 0. The molecule has 0 aliphatic heterocycles. The van der Waals surface area contributed by atoms with E-state index in [1.165, 1.54) is 24.4 Å². The van der Waals surface area contributed by atoms with Crippen molar-refractivity contribution in [3.05, 3.63) is 95.6 Å². The third-order valence-electron chi connectivity index (χ3n) is 4.03. The van der Waals surface area contributed by atoms with Crippen LogP contribution in [0.15, 0.2) is 88.9 Å². The predicted octanol–water partition coefficient (Wildman–Crippen LogP) is 3.46. The van der Waals surface area contributed by atoms with E-state index in [1.54, 1.807) is 36.4 Å². The van der Waals surface area contributed by atoms with Crippen LogP contribution in [0.2, 0.25) is 0 Å². The van der Waals surface area contributed by atoms with Crippen LogP contribution in [0.1, 0.15) is 16.7 Å². The number of nitrogens with one attached hydrogen (secondary N) is 1. The number of nitrogens with zero attached hydrogens (tertiary/aromatic N) is 1. The van der Waals surface area contributed by atoms with Gasteiger partial charge in [0, 0.05) is 5.56 Å². The Morgan fingerprint density at radius 3 is 2.34 bits per heavy atom. The first-order valence-electron chi connectivity index (χ1n) is 8.90. The Hall–Kier alpha value is -3.45. The van der Waals surface area contributed by atoms with E-state index >= 15 is 0 Å². The molecule has 0 saturated carbocycles. The van der Waals surface area contributed by atoms with Gasteiger partial charge in [-0.3, -0.25) is 4.79 Å². The molecule has 1 amide bonds. The maximum atomic E-state index is 12.4. The van der Waals surface area contributed by atoms with Gasteiger partial charge in [0.25, 0.3) is 0 Å². The minimum atomic E-state index is -3.97. The lowest BCUT2D eigenvalue weighted by Gasteiger charge is -2.09. The van der Waals surface area contributed by atoms with Gasteiger partial charge in [-0.2, -0.15) is 13.5 Å². The number of benzene rings is 3. The van der Waals surface area contributed by atoms with E-state index < -0.39 is 10.1 Å². The molecule has 7 heteroatoms. The van der Waals surface area contributed by atoms with Crippen LogP contribution in [0.25, 0.3) is 0 Å². The second kappa shape index (κ2) is 9.16. The van der Waals surface area contributed by atoms with Gasteiger partial charge in [0.1, 0.15) is 4.90 Å². The quantitative estimate of drug-likeness (QED) is 0.369. The lowest BCUT2D eigenvalue weighted by Crippen LogP contribution is -2.19. The fraction of sp³-hybridized carbons (Fsp3) is 0.0909. The van der Waals surface area contributed by atoms with Crippen LogP contribution >= 0.6 is 0 Å². The normalized spacial score (nSPS) is 11.3. The smallest absolute Gasteiger partial charge is 0.339 e. The Morgan fingerprint density at radius 2 is 1.62 bits per heavy atom. The molecule has 0 spiro atoms. The van der Waals surface area contributed by atoms with Crippen LogP contribution in [0.3, 0.4) is 0 Å². The largest absolute Gasteiger partial charge is 0.378 e. The second-order valence-electron chi connectivity index (χ2n) is 6.34. The molecule has 148 valence electrons. The monoisotopic (exact) mass is 408 g/mol. The van der Waals surface area contributed by atoms with Gasteiger partial charge in [0.2, 0.25) is 5.91 Å². The molecule has 0 aliphatic carbocycles. The number of carbonyl (C=O) groups is 1. The SMILES string of the molecule is Cc1ccc(CC(=O)NN=Cc2ccccc2OS(=O)(=O)c2ccccc2)cc1. The van der Waals surface area contributed by atoms with Crippen LogP contribution in [0, 0.1) is 6.92 Å². The van der Waals surface area contributed by atoms with Gasteiger partial charge < -0.3 is 4.18 Å². The molecule has 0 atom stereocenters. The highest BCUT2D eigenvalue weighted by molar-refractivity contribution is 7.87. The maximum absolute atomic E-state index is 12.4. The van der Waals surface area contributed by atoms with E-state index in [0.717, 1.165) is 11.1 Å². The number of para-hydroxylation sites is 1. The van der Waals surface area contributed by atoms with Gasteiger partial charge in [-0.05, 0) is 36.8 Å². The zero-order chi connectivity index (χ0) is 20.7. The van der Waals surface area contributed by atoms with Gasteiger partial charge in [-0.25, -0.2) is 5.43 Å². The number of carbonyl (C=O) groups excluding carboxylic acids is 1. The van der Waals surface area contributed by atoms with E-state index in [0.29, 0.717) is 5.56 Å². The summed E-state index contributed by atoms with van der Waals surface area (Å²) in [5.41, 5.74) is 4.86. The van der Waals surface area contributed by atoms with Crippen LogP contribution in [0.4, 0.5) is 0 Å². The summed E-state index contributed by atoms with van der Waals surface area (Å²) in [6.07, 6.45) is 1.54. The van der Waals surface area contributed by atoms with Crippen molar-refractivity contribution >= 4 is 22.2 Å². The van der Waals surface area contributed by atoms with E-state index in [1.807, 2.05) is 31.2 Å². The van der Waals surface area contributed by atoms with E-state index in [4.69, 9.17) is 4.18 Å². The third kappa shape index (κ3) is 5.76. The first-order chi connectivity index (χ1) is 13.9. The molecule has 0 radical (unpaired) electrons. The molecule has 3 rings (SSSR count). The van der Waals surface area contributed by atoms with Crippen molar-refractivity contribution in [3.8, 4) is 5.75 Å². The van der Waals surface area contributed by atoms with Crippen LogP contribution < -0.4 is 9.61 Å². The molecule has 3 aromatic rings. The molecular formula is C22H20N2O4S. The zero-order valence-corrected chi connectivity index (χ0v) is 16.6. The van der Waals surface area contributed by atoms with Crippen molar-refractivity contribution in [2.24, 2.45) is 5.10 Å². The van der Waals surface area contributed by atoms with Crippen LogP contribution in [0.5, 0.6) is 5.75 Å². The summed E-state index contributed by atoms with van der Waals surface area (Å²) in [6, 6.07) is 22.1. The first kappa shape index (κ1) is 20.3. The Balaban J connectivity index is 1.67. The fourth-order valence-electron chi connectivity index (χ4n) is 2.52. The van der Waals surface area contributed by atoms with E-state index in [-0.39, 0.29) is 23.0 Å². The average molecular weight is 408 g/mol. The van der Waals surface area contributed by atoms with Gasteiger partial charge in [-0.1, -0.05) is 60.2 Å². The number of amides is 1. The Kier molecular flexibility index (Phi) is 6.41. The molecule has 0 bridgehead atoms. The summed E-state index contributed by atoms with van der Waals surface area (Å²) in [4.78, 5) is 12.1. The molecule has 1 N–H and O–H groups in total. The van der Waals surface area contributed by atoms with Crippen LogP contribution in [-0.4, -0.2) is 20.5 Å². The zero-order valence-electron chi connectivity index (χ0n) is 15.8. The van der Waals surface area contributed by atoms with Crippen molar-refractivity contribution in [2.45, 2.75) is 18.2 Å². The number of hydrogen-bond acceptors (Lipinski definition) is 5. The minimum absolute atomic E-state index is 0.0538. The Morgan fingerprint density at radius 1 is 0.966 bits per heavy atom. The topological polar surface area (TPSA) is 84.8 Å². The maximum Gasteiger partial charge on any atom is 0.339 e. The summed E-state index contributed by atoms with van der Waals surface area (Å²) in [5.74, 6) is -0.159. The molecule has 29 heavy (non-hydrogen) atoms. The van der Waals surface area contributed by atoms with Crippen molar-refractivity contribution in [2.75, 3.05) is 0 Å². The molecule has 0 aromatic heterocycles.